The fourth-order valence-corrected chi connectivity index (χ4v) is 5.36. The quantitative estimate of drug-likeness (QED) is 0.577. The second-order valence-electron chi connectivity index (χ2n) is 9.25. The molecule has 0 bridgehead atoms. The molecule has 33 heavy (non-hydrogen) atoms. The van der Waals surface area contributed by atoms with Crippen LogP contribution in [0.4, 0.5) is 5.69 Å². The Morgan fingerprint density at radius 2 is 1.88 bits per heavy atom. The summed E-state index contributed by atoms with van der Waals surface area (Å²) in [6.07, 6.45) is 0.144. The number of anilines is 1. The number of carboxylic acids is 1. The number of fused-ring (bicyclic) bond motifs is 1. The molecule has 0 spiro atoms. The van der Waals surface area contributed by atoms with E-state index in [1.807, 2.05) is 26.8 Å². The SMILES string of the molecule is COc1cccc([C@@H]2N[C@](CC(C)C)(C(=O)O)[C@H]3C(=O)N(c4cccc(C)c4)C(=O)[C@@H]23)c1O. The molecule has 2 saturated heterocycles. The monoisotopic (exact) mass is 452 g/mol. The molecule has 2 aromatic carbocycles. The van der Waals surface area contributed by atoms with Gasteiger partial charge in [0.25, 0.3) is 0 Å². The molecule has 3 N–H and O–H groups in total. The lowest BCUT2D eigenvalue weighted by Gasteiger charge is -2.32. The third-order valence-corrected chi connectivity index (χ3v) is 6.61. The van der Waals surface area contributed by atoms with Crippen molar-refractivity contribution in [3.63, 3.8) is 0 Å². The number of benzene rings is 2. The average Bonchev–Trinajstić information content (AvgIpc) is 3.22. The van der Waals surface area contributed by atoms with Crippen LogP contribution < -0.4 is 15.0 Å². The highest BCUT2D eigenvalue weighted by atomic mass is 16.5. The third kappa shape index (κ3) is 3.45. The number of carbonyl (C=O) groups excluding carboxylic acids is 2. The zero-order chi connectivity index (χ0) is 24.1. The van der Waals surface area contributed by atoms with Crippen LogP contribution in [0.15, 0.2) is 42.5 Å². The van der Waals surface area contributed by atoms with E-state index in [2.05, 4.69) is 5.32 Å². The zero-order valence-electron chi connectivity index (χ0n) is 19.0. The lowest BCUT2D eigenvalue weighted by molar-refractivity contribution is -0.149. The maximum Gasteiger partial charge on any atom is 0.324 e. The molecule has 0 saturated carbocycles. The number of phenols is 1. The first-order valence-corrected chi connectivity index (χ1v) is 10.9. The standard InChI is InChI=1S/C25H28N2O6/c1-13(2)12-25(24(31)32)19-18(20(26-25)16-9-6-10-17(33-4)21(16)28)22(29)27(23(19)30)15-8-5-7-14(3)11-15/h5-11,13,18-20,26,28H,12H2,1-4H3,(H,31,32)/t18-,19-,20+,25+/m1/s1. The predicted octanol–water partition coefficient (Wildman–Crippen LogP) is 3.03. The predicted molar refractivity (Wildman–Crippen MR) is 121 cm³/mol. The first-order valence-electron chi connectivity index (χ1n) is 10.9. The van der Waals surface area contributed by atoms with E-state index in [1.54, 1.807) is 36.4 Å². The molecule has 0 aliphatic carbocycles. The molecule has 4 atom stereocenters. The Kier molecular flexibility index (Phi) is 5.66. The summed E-state index contributed by atoms with van der Waals surface area (Å²) >= 11 is 0. The topological polar surface area (TPSA) is 116 Å². The van der Waals surface area contributed by atoms with Gasteiger partial charge >= 0.3 is 5.97 Å². The Morgan fingerprint density at radius 3 is 2.48 bits per heavy atom. The van der Waals surface area contributed by atoms with Gasteiger partial charge in [-0.1, -0.05) is 38.1 Å². The molecule has 4 rings (SSSR count). The van der Waals surface area contributed by atoms with Gasteiger partial charge in [-0.3, -0.25) is 19.7 Å². The summed E-state index contributed by atoms with van der Waals surface area (Å²) in [7, 11) is 1.41. The van der Waals surface area contributed by atoms with Gasteiger partial charge < -0.3 is 14.9 Å². The van der Waals surface area contributed by atoms with Crippen LogP contribution in [0.5, 0.6) is 11.5 Å². The Hall–Kier alpha value is -3.39. The van der Waals surface area contributed by atoms with E-state index in [1.165, 1.54) is 7.11 Å². The lowest BCUT2D eigenvalue weighted by atomic mass is 9.75. The smallest absolute Gasteiger partial charge is 0.324 e. The number of imide groups is 1. The van der Waals surface area contributed by atoms with Crippen molar-refractivity contribution < 1.29 is 29.3 Å². The summed E-state index contributed by atoms with van der Waals surface area (Å²) in [4.78, 5) is 41.2. The van der Waals surface area contributed by atoms with E-state index in [-0.39, 0.29) is 23.8 Å². The van der Waals surface area contributed by atoms with E-state index >= 15 is 0 Å². The van der Waals surface area contributed by atoms with Crippen molar-refractivity contribution in [2.45, 2.75) is 38.8 Å². The Labute approximate surface area is 192 Å². The molecule has 2 aliphatic rings. The molecule has 8 heteroatoms. The van der Waals surface area contributed by atoms with Gasteiger partial charge in [0.1, 0.15) is 5.54 Å². The highest BCUT2D eigenvalue weighted by Gasteiger charge is 2.68. The van der Waals surface area contributed by atoms with Crippen molar-refractivity contribution in [3.8, 4) is 11.5 Å². The van der Waals surface area contributed by atoms with Crippen LogP contribution in [0.3, 0.4) is 0 Å². The molecule has 0 aromatic heterocycles. The van der Waals surface area contributed by atoms with Crippen molar-refractivity contribution in [2.75, 3.05) is 12.0 Å². The van der Waals surface area contributed by atoms with E-state index in [0.717, 1.165) is 10.5 Å². The minimum Gasteiger partial charge on any atom is -0.504 e. The number of amides is 2. The minimum atomic E-state index is -1.66. The number of nitrogens with one attached hydrogen (secondary N) is 1. The van der Waals surface area contributed by atoms with Gasteiger partial charge in [-0.2, -0.15) is 0 Å². The highest BCUT2D eigenvalue weighted by Crippen LogP contribution is 2.53. The Balaban J connectivity index is 1.91. The van der Waals surface area contributed by atoms with Crippen LogP contribution in [0.1, 0.15) is 37.4 Å². The van der Waals surface area contributed by atoms with Crippen molar-refractivity contribution in [2.24, 2.45) is 17.8 Å². The number of ether oxygens (including phenoxy) is 1. The van der Waals surface area contributed by atoms with Crippen LogP contribution in [0.25, 0.3) is 0 Å². The number of hydrogen-bond donors (Lipinski definition) is 3. The molecule has 2 heterocycles. The molecule has 2 aliphatic heterocycles. The molecule has 0 unspecified atom stereocenters. The molecule has 174 valence electrons. The number of hydrogen-bond acceptors (Lipinski definition) is 6. The molecule has 0 radical (unpaired) electrons. The molecule has 8 nitrogen and oxygen atoms in total. The number of aryl methyl sites for hydroxylation is 1. The van der Waals surface area contributed by atoms with Gasteiger partial charge in [-0.25, -0.2) is 4.90 Å². The summed E-state index contributed by atoms with van der Waals surface area (Å²) < 4.78 is 5.22. The van der Waals surface area contributed by atoms with Crippen LogP contribution in [-0.4, -0.2) is 40.6 Å². The van der Waals surface area contributed by atoms with Crippen LogP contribution in [0, 0.1) is 24.7 Å². The zero-order valence-corrected chi connectivity index (χ0v) is 19.0. The fourth-order valence-electron chi connectivity index (χ4n) is 5.36. The molecule has 2 amide bonds. The van der Waals surface area contributed by atoms with Crippen molar-refractivity contribution >= 4 is 23.5 Å². The first kappa shape index (κ1) is 22.8. The minimum absolute atomic E-state index is 0.0668. The number of aliphatic carboxylic acids is 1. The first-order chi connectivity index (χ1) is 15.6. The Morgan fingerprint density at radius 1 is 1.18 bits per heavy atom. The molecular formula is C25H28N2O6. The van der Waals surface area contributed by atoms with Crippen LogP contribution in [-0.2, 0) is 14.4 Å². The van der Waals surface area contributed by atoms with E-state index in [0.29, 0.717) is 11.3 Å². The van der Waals surface area contributed by atoms with Gasteiger partial charge in [-0.05, 0) is 43.0 Å². The highest BCUT2D eigenvalue weighted by molar-refractivity contribution is 6.24. The number of aromatic hydroxyl groups is 1. The fraction of sp³-hybridized carbons (Fsp3) is 0.400. The Bertz CT molecular complexity index is 1130. The lowest BCUT2D eigenvalue weighted by Crippen LogP contribution is -2.56. The van der Waals surface area contributed by atoms with Gasteiger partial charge in [0.05, 0.1) is 24.6 Å². The average molecular weight is 453 g/mol. The largest absolute Gasteiger partial charge is 0.504 e. The molecule has 2 fully saturated rings. The van der Waals surface area contributed by atoms with E-state index in [4.69, 9.17) is 4.74 Å². The number of phenolic OH excluding ortho intramolecular Hbond substituents is 1. The molecule has 2 aromatic rings. The third-order valence-electron chi connectivity index (χ3n) is 6.61. The number of methoxy groups -OCH3 is 1. The number of carboxylic acid groups (broad SMARTS) is 1. The number of nitrogens with zero attached hydrogens (tertiary/aromatic N) is 1. The maximum absolute atomic E-state index is 13.7. The number of rotatable bonds is 6. The second-order valence-corrected chi connectivity index (χ2v) is 9.25. The van der Waals surface area contributed by atoms with Gasteiger partial charge in [-0.15, -0.1) is 0 Å². The summed E-state index contributed by atoms with van der Waals surface area (Å²) in [5.41, 5.74) is -0.0538. The van der Waals surface area contributed by atoms with Crippen LogP contribution >= 0.6 is 0 Å². The normalized spacial score (nSPS) is 26.7. The van der Waals surface area contributed by atoms with Crippen molar-refractivity contribution in [1.82, 2.24) is 5.32 Å². The summed E-state index contributed by atoms with van der Waals surface area (Å²) in [5.74, 6) is -4.39. The number of carbonyl (C=O) groups is 3. The van der Waals surface area contributed by atoms with E-state index < -0.39 is 41.2 Å². The number of para-hydroxylation sites is 1. The summed E-state index contributed by atoms with van der Waals surface area (Å²) in [6, 6.07) is 11.0. The van der Waals surface area contributed by atoms with Crippen LogP contribution in [0.2, 0.25) is 0 Å². The van der Waals surface area contributed by atoms with E-state index in [9.17, 15) is 24.6 Å². The summed E-state index contributed by atoms with van der Waals surface area (Å²) in [6.45, 7) is 5.60. The van der Waals surface area contributed by atoms with Gasteiger partial charge in [0, 0.05) is 11.6 Å². The van der Waals surface area contributed by atoms with Gasteiger partial charge in [0.2, 0.25) is 11.8 Å². The van der Waals surface area contributed by atoms with Crippen molar-refractivity contribution in [1.29, 1.82) is 0 Å². The van der Waals surface area contributed by atoms with Crippen molar-refractivity contribution in [3.05, 3.63) is 53.6 Å². The second kappa shape index (κ2) is 8.19. The summed E-state index contributed by atoms with van der Waals surface area (Å²) in [5, 5.41) is 24.3. The van der Waals surface area contributed by atoms with Gasteiger partial charge in [0.15, 0.2) is 11.5 Å². The maximum atomic E-state index is 13.7. The molecular weight excluding hydrogens is 424 g/mol.